The highest BCUT2D eigenvalue weighted by molar-refractivity contribution is 5.83. The molecule has 1 aliphatic carbocycles. The molecule has 2 aliphatic rings. The Balaban J connectivity index is 1.72. The van der Waals surface area contributed by atoms with E-state index in [9.17, 15) is 9.59 Å². The molecule has 0 aromatic rings. The molecule has 6 heteroatoms. The minimum absolute atomic E-state index is 0.0472. The average Bonchev–Trinajstić information content (AvgIpc) is 2.36. The number of nitrogens with one attached hydrogen (secondary N) is 1. The fourth-order valence-corrected chi connectivity index (χ4v) is 2.61. The van der Waals surface area contributed by atoms with Gasteiger partial charge in [0.1, 0.15) is 0 Å². The third kappa shape index (κ3) is 3.18. The summed E-state index contributed by atoms with van der Waals surface area (Å²) in [5, 5.41) is 2.91. The van der Waals surface area contributed by atoms with Crippen molar-refractivity contribution in [2.75, 3.05) is 40.0 Å². The van der Waals surface area contributed by atoms with Crippen LogP contribution >= 0.6 is 0 Å². The molecule has 1 saturated heterocycles. The number of hydrogen-bond donors (Lipinski definition) is 1. The van der Waals surface area contributed by atoms with Crippen molar-refractivity contribution in [3.05, 3.63) is 0 Å². The number of amides is 2. The lowest BCUT2D eigenvalue weighted by molar-refractivity contribution is -0.140. The van der Waals surface area contributed by atoms with Gasteiger partial charge in [-0.05, 0) is 19.3 Å². The SMILES string of the molecule is COCC1(C(=O)NCCN2CCCOC2=O)CCC1. The number of nitrogens with zero attached hydrogens (tertiary/aromatic N) is 1. The number of ether oxygens (including phenoxy) is 2. The molecule has 1 N–H and O–H groups in total. The van der Waals surface area contributed by atoms with Gasteiger partial charge < -0.3 is 19.7 Å². The zero-order valence-electron chi connectivity index (χ0n) is 11.4. The maximum absolute atomic E-state index is 12.1. The minimum atomic E-state index is -0.336. The quantitative estimate of drug-likeness (QED) is 0.774. The zero-order valence-corrected chi connectivity index (χ0v) is 11.4. The summed E-state index contributed by atoms with van der Waals surface area (Å²) < 4.78 is 10.1. The molecule has 0 bridgehead atoms. The van der Waals surface area contributed by atoms with E-state index in [4.69, 9.17) is 9.47 Å². The van der Waals surface area contributed by atoms with Crippen molar-refractivity contribution in [1.29, 1.82) is 0 Å². The molecule has 2 amide bonds. The summed E-state index contributed by atoms with van der Waals surface area (Å²) in [5.74, 6) is 0.0472. The second kappa shape index (κ2) is 6.23. The lowest BCUT2D eigenvalue weighted by atomic mass is 9.68. The fourth-order valence-electron chi connectivity index (χ4n) is 2.61. The number of rotatable bonds is 6. The van der Waals surface area contributed by atoms with E-state index in [0.717, 1.165) is 25.7 Å². The monoisotopic (exact) mass is 270 g/mol. The topological polar surface area (TPSA) is 67.9 Å². The minimum Gasteiger partial charge on any atom is -0.449 e. The molecule has 0 unspecified atom stereocenters. The lowest BCUT2D eigenvalue weighted by Gasteiger charge is -2.39. The number of methoxy groups -OCH3 is 1. The molecular weight excluding hydrogens is 248 g/mol. The number of cyclic esters (lactones) is 1. The molecule has 1 heterocycles. The molecule has 0 aromatic carbocycles. The summed E-state index contributed by atoms with van der Waals surface area (Å²) in [6.45, 7) is 2.66. The smallest absolute Gasteiger partial charge is 0.409 e. The van der Waals surface area contributed by atoms with Crippen molar-refractivity contribution in [2.24, 2.45) is 5.41 Å². The molecule has 2 fully saturated rings. The van der Waals surface area contributed by atoms with Gasteiger partial charge in [-0.2, -0.15) is 0 Å². The first kappa shape index (κ1) is 14.1. The van der Waals surface area contributed by atoms with Gasteiger partial charge in [0.05, 0.1) is 18.6 Å². The van der Waals surface area contributed by atoms with Crippen molar-refractivity contribution in [3.8, 4) is 0 Å². The molecule has 19 heavy (non-hydrogen) atoms. The largest absolute Gasteiger partial charge is 0.449 e. The standard InChI is InChI=1S/C13H22N2O4/c1-18-10-13(4-2-5-13)11(16)14-6-8-15-7-3-9-19-12(15)17/h2-10H2,1H3,(H,14,16). The summed E-state index contributed by atoms with van der Waals surface area (Å²) in [4.78, 5) is 25.2. The van der Waals surface area contributed by atoms with E-state index < -0.39 is 0 Å². The lowest BCUT2D eigenvalue weighted by Crippen LogP contribution is -2.50. The van der Waals surface area contributed by atoms with Gasteiger partial charge in [-0.3, -0.25) is 4.79 Å². The van der Waals surface area contributed by atoms with Crippen LogP contribution in [0.2, 0.25) is 0 Å². The number of hydrogen-bond acceptors (Lipinski definition) is 4. The highest BCUT2D eigenvalue weighted by atomic mass is 16.6. The molecule has 1 aliphatic heterocycles. The third-order valence-corrected chi connectivity index (χ3v) is 3.94. The maximum atomic E-state index is 12.1. The van der Waals surface area contributed by atoms with E-state index in [-0.39, 0.29) is 17.4 Å². The Morgan fingerprint density at radius 3 is 2.84 bits per heavy atom. The Morgan fingerprint density at radius 2 is 2.26 bits per heavy atom. The van der Waals surface area contributed by atoms with Crippen LogP contribution in [0.15, 0.2) is 0 Å². The van der Waals surface area contributed by atoms with Crippen LogP contribution in [0.25, 0.3) is 0 Å². The zero-order chi connectivity index (χ0) is 13.7. The van der Waals surface area contributed by atoms with Crippen molar-refractivity contribution < 1.29 is 19.1 Å². The van der Waals surface area contributed by atoms with Crippen LogP contribution in [0.3, 0.4) is 0 Å². The van der Waals surface area contributed by atoms with Crippen molar-refractivity contribution in [2.45, 2.75) is 25.7 Å². The number of carbonyl (C=O) groups is 2. The van der Waals surface area contributed by atoms with E-state index in [0.29, 0.717) is 32.8 Å². The van der Waals surface area contributed by atoms with Gasteiger partial charge in [-0.1, -0.05) is 6.42 Å². The Hall–Kier alpha value is -1.30. The van der Waals surface area contributed by atoms with Gasteiger partial charge in [-0.15, -0.1) is 0 Å². The van der Waals surface area contributed by atoms with Crippen LogP contribution in [0.4, 0.5) is 4.79 Å². The van der Waals surface area contributed by atoms with Crippen LogP contribution in [0.1, 0.15) is 25.7 Å². The molecule has 108 valence electrons. The second-order valence-electron chi connectivity index (χ2n) is 5.28. The van der Waals surface area contributed by atoms with E-state index in [1.54, 1.807) is 12.0 Å². The molecule has 0 aromatic heterocycles. The molecular formula is C13H22N2O4. The van der Waals surface area contributed by atoms with Gasteiger partial charge in [-0.25, -0.2) is 4.79 Å². The molecule has 1 saturated carbocycles. The summed E-state index contributed by atoms with van der Waals surface area (Å²) in [6.07, 6.45) is 3.43. The Bertz CT molecular complexity index is 342. The second-order valence-corrected chi connectivity index (χ2v) is 5.28. The van der Waals surface area contributed by atoms with Crippen LogP contribution in [-0.4, -0.2) is 56.9 Å². The first-order chi connectivity index (χ1) is 9.18. The highest BCUT2D eigenvalue weighted by Gasteiger charge is 2.43. The summed E-state index contributed by atoms with van der Waals surface area (Å²) in [5.41, 5.74) is -0.336. The van der Waals surface area contributed by atoms with Gasteiger partial charge in [0, 0.05) is 26.7 Å². The van der Waals surface area contributed by atoms with Gasteiger partial charge in [0.25, 0.3) is 0 Å². The van der Waals surface area contributed by atoms with Crippen LogP contribution in [0.5, 0.6) is 0 Å². The molecule has 6 nitrogen and oxygen atoms in total. The number of carbonyl (C=O) groups excluding carboxylic acids is 2. The van der Waals surface area contributed by atoms with Gasteiger partial charge in [0.15, 0.2) is 0 Å². The third-order valence-electron chi connectivity index (χ3n) is 3.94. The van der Waals surface area contributed by atoms with E-state index in [2.05, 4.69) is 5.32 Å². The van der Waals surface area contributed by atoms with Gasteiger partial charge in [0.2, 0.25) is 5.91 Å². The van der Waals surface area contributed by atoms with Crippen LogP contribution in [-0.2, 0) is 14.3 Å². The van der Waals surface area contributed by atoms with E-state index in [1.807, 2.05) is 0 Å². The fraction of sp³-hybridized carbons (Fsp3) is 0.846. The summed E-state index contributed by atoms with van der Waals surface area (Å²) in [6, 6.07) is 0. The normalized spacial score (nSPS) is 21.5. The Kier molecular flexibility index (Phi) is 4.63. The van der Waals surface area contributed by atoms with Crippen LogP contribution < -0.4 is 5.32 Å². The molecule has 0 spiro atoms. The highest BCUT2D eigenvalue weighted by Crippen LogP contribution is 2.41. The first-order valence-corrected chi connectivity index (χ1v) is 6.87. The predicted octanol–water partition coefficient (Wildman–Crippen LogP) is 0.762. The van der Waals surface area contributed by atoms with Crippen molar-refractivity contribution in [1.82, 2.24) is 10.2 Å². The average molecular weight is 270 g/mol. The molecule has 2 rings (SSSR count). The van der Waals surface area contributed by atoms with E-state index >= 15 is 0 Å². The molecule has 0 atom stereocenters. The van der Waals surface area contributed by atoms with Gasteiger partial charge >= 0.3 is 6.09 Å². The summed E-state index contributed by atoms with van der Waals surface area (Å²) in [7, 11) is 1.62. The van der Waals surface area contributed by atoms with Crippen molar-refractivity contribution >= 4 is 12.0 Å². The first-order valence-electron chi connectivity index (χ1n) is 6.87. The maximum Gasteiger partial charge on any atom is 0.409 e. The van der Waals surface area contributed by atoms with Crippen LogP contribution in [0, 0.1) is 5.41 Å². The predicted molar refractivity (Wildman–Crippen MR) is 68.7 cm³/mol. The molecule has 0 radical (unpaired) electrons. The Morgan fingerprint density at radius 1 is 1.47 bits per heavy atom. The van der Waals surface area contributed by atoms with Crippen molar-refractivity contribution in [3.63, 3.8) is 0 Å². The van der Waals surface area contributed by atoms with E-state index in [1.165, 1.54) is 0 Å². The Labute approximate surface area is 113 Å². The summed E-state index contributed by atoms with van der Waals surface area (Å²) >= 11 is 0.